The molecule has 1 rings (SSSR count). The summed E-state index contributed by atoms with van der Waals surface area (Å²) in [5.74, 6) is 0.204. The van der Waals surface area contributed by atoms with Gasteiger partial charge in [0.2, 0.25) is 0 Å². The summed E-state index contributed by atoms with van der Waals surface area (Å²) in [4.78, 5) is 13.8. The van der Waals surface area contributed by atoms with Gasteiger partial charge in [-0.15, -0.1) is 0 Å². The van der Waals surface area contributed by atoms with Gasteiger partial charge in [-0.25, -0.2) is 5.01 Å². The smallest absolute Gasteiger partial charge is 0.251 e. The van der Waals surface area contributed by atoms with Gasteiger partial charge in [0.1, 0.15) is 0 Å². The van der Waals surface area contributed by atoms with Gasteiger partial charge in [0, 0.05) is 20.6 Å². The zero-order valence-electron chi connectivity index (χ0n) is 9.16. The molecule has 0 aromatic heterocycles. The van der Waals surface area contributed by atoms with E-state index in [1.165, 1.54) is 0 Å². The first-order chi connectivity index (χ1) is 6.50. The molecule has 0 aliphatic carbocycles. The van der Waals surface area contributed by atoms with E-state index in [0.717, 1.165) is 19.5 Å². The monoisotopic (exact) mass is 200 g/mol. The van der Waals surface area contributed by atoms with Crippen molar-refractivity contribution in [1.29, 1.82) is 0 Å². The number of amides is 1. The molecule has 0 saturated carbocycles. The van der Waals surface area contributed by atoms with Crippen LogP contribution in [0.25, 0.3) is 0 Å². The van der Waals surface area contributed by atoms with E-state index in [0.29, 0.717) is 5.92 Å². The minimum atomic E-state index is -0.387. The van der Waals surface area contributed by atoms with Gasteiger partial charge < -0.3 is 10.6 Å². The lowest BCUT2D eigenvalue weighted by atomic mass is 9.99. The van der Waals surface area contributed by atoms with Gasteiger partial charge in [-0.2, -0.15) is 0 Å². The molecule has 0 bridgehead atoms. The highest BCUT2D eigenvalue weighted by atomic mass is 16.2. The van der Waals surface area contributed by atoms with Crippen LogP contribution in [0.4, 0.5) is 0 Å². The molecule has 0 aromatic carbocycles. The Morgan fingerprint density at radius 1 is 1.64 bits per heavy atom. The highest BCUT2D eigenvalue weighted by Crippen LogP contribution is 2.16. The van der Waals surface area contributed by atoms with Gasteiger partial charge in [-0.05, 0) is 25.9 Å². The van der Waals surface area contributed by atoms with Crippen LogP contribution in [0.2, 0.25) is 0 Å². The molecule has 14 heavy (non-hydrogen) atoms. The molecule has 1 saturated heterocycles. The number of nitrogens with zero attached hydrogens (tertiary/aromatic N) is 2. The summed E-state index contributed by atoms with van der Waals surface area (Å²) in [6.45, 7) is 1.95. The number of hydrogen-bond acceptors (Lipinski definition) is 4. The Hall–Kier alpha value is -0.650. The number of carbonyl (C=O) groups excluding carboxylic acids is 1. The molecule has 0 aromatic rings. The second-order valence-corrected chi connectivity index (χ2v) is 4.21. The van der Waals surface area contributed by atoms with Gasteiger partial charge in [-0.1, -0.05) is 0 Å². The Kier molecular flexibility index (Phi) is 3.86. The molecule has 5 nitrogen and oxygen atoms in total. The lowest BCUT2D eigenvalue weighted by Gasteiger charge is -2.21. The lowest BCUT2D eigenvalue weighted by Crippen LogP contribution is -2.50. The standard InChI is InChI=1S/C9H20N4O/c1-12(2)11-9(14)8(10)7-4-5-13(3)6-7/h7-8H,4-6,10H2,1-3H3,(H,11,14). The summed E-state index contributed by atoms with van der Waals surface area (Å²) in [6, 6.07) is -0.387. The van der Waals surface area contributed by atoms with Gasteiger partial charge in [0.05, 0.1) is 6.04 Å². The Balaban J connectivity index is 2.40. The average molecular weight is 200 g/mol. The van der Waals surface area contributed by atoms with Crippen LogP contribution in [0.1, 0.15) is 6.42 Å². The van der Waals surface area contributed by atoms with Crippen molar-refractivity contribution in [2.24, 2.45) is 11.7 Å². The van der Waals surface area contributed by atoms with Crippen molar-refractivity contribution in [3.8, 4) is 0 Å². The molecule has 2 unspecified atom stereocenters. The van der Waals surface area contributed by atoms with E-state index in [9.17, 15) is 4.79 Å². The number of rotatable bonds is 3. The fourth-order valence-corrected chi connectivity index (χ4v) is 1.77. The van der Waals surface area contributed by atoms with Crippen LogP contribution in [-0.4, -0.2) is 56.1 Å². The van der Waals surface area contributed by atoms with Gasteiger partial charge in [-0.3, -0.25) is 10.2 Å². The molecule has 1 aliphatic rings. The molecule has 82 valence electrons. The highest BCUT2D eigenvalue weighted by Gasteiger charge is 2.29. The number of hydrogen-bond donors (Lipinski definition) is 2. The molecular weight excluding hydrogens is 180 g/mol. The maximum Gasteiger partial charge on any atom is 0.251 e. The van der Waals surface area contributed by atoms with Crippen molar-refractivity contribution in [2.45, 2.75) is 12.5 Å². The first-order valence-corrected chi connectivity index (χ1v) is 4.92. The van der Waals surface area contributed by atoms with Crippen molar-refractivity contribution < 1.29 is 4.79 Å². The first kappa shape index (κ1) is 11.4. The van der Waals surface area contributed by atoms with Crippen LogP contribution in [0.5, 0.6) is 0 Å². The number of nitrogens with one attached hydrogen (secondary N) is 1. The molecule has 1 aliphatic heterocycles. The number of hydrazine groups is 1. The summed E-state index contributed by atoms with van der Waals surface area (Å²) in [7, 11) is 5.62. The van der Waals surface area contributed by atoms with Crippen molar-refractivity contribution >= 4 is 5.91 Å². The van der Waals surface area contributed by atoms with E-state index >= 15 is 0 Å². The van der Waals surface area contributed by atoms with Crippen molar-refractivity contribution in [1.82, 2.24) is 15.3 Å². The lowest BCUT2D eigenvalue weighted by molar-refractivity contribution is -0.127. The Morgan fingerprint density at radius 2 is 2.29 bits per heavy atom. The summed E-state index contributed by atoms with van der Waals surface area (Å²) in [5.41, 5.74) is 8.55. The van der Waals surface area contributed by atoms with Crippen LogP contribution in [0, 0.1) is 5.92 Å². The van der Waals surface area contributed by atoms with Gasteiger partial charge in [0.25, 0.3) is 5.91 Å². The first-order valence-electron chi connectivity index (χ1n) is 4.92. The summed E-state index contributed by atoms with van der Waals surface area (Å²) in [5, 5.41) is 1.63. The van der Waals surface area contributed by atoms with E-state index in [1.54, 1.807) is 19.1 Å². The molecule has 0 radical (unpaired) electrons. The highest BCUT2D eigenvalue weighted by molar-refractivity contribution is 5.81. The van der Waals surface area contributed by atoms with Gasteiger partial charge >= 0.3 is 0 Å². The van der Waals surface area contributed by atoms with Gasteiger partial charge in [0.15, 0.2) is 0 Å². The largest absolute Gasteiger partial charge is 0.320 e. The quantitative estimate of drug-likeness (QED) is 0.565. The topological polar surface area (TPSA) is 61.6 Å². The zero-order valence-corrected chi connectivity index (χ0v) is 9.16. The van der Waals surface area contributed by atoms with E-state index in [-0.39, 0.29) is 11.9 Å². The Labute approximate surface area is 85.2 Å². The maximum absolute atomic E-state index is 11.6. The van der Waals surface area contributed by atoms with Crippen molar-refractivity contribution in [2.75, 3.05) is 34.2 Å². The third-order valence-electron chi connectivity index (χ3n) is 2.57. The number of carbonyl (C=O) groups is 1. The van der Waals surface area contributed by atoms with Crippen LogP contribution in [0.3, 0.4) is 0 Å². The maximum atomic E-state index is 11.6. The minimum absolute atomic E-state index is 0.0877. The molecular formula is C9H20N4O. The third kappa shape index (κ3) is 2.94. The van der Waals surface area contributed by atoms with E-state index in [1.807, 2.05) is 0 Å². The van der Waals surface area contributed by atoms with Crippen LogP contribution >= 0.6 is 0 Å². The molecule has 3 N–H and O–H groups in total. The van der Waals surface area contributed by atoms with E-state index < -0.39 is 0 Å². The van der Waals surface area contributed by atoms with Crippen molar-refractivity contribution in [3.05, 3.63) is 0 Å². The second-order valence-electron chi connectivity index (χ2n) is 4.21. The summed E-state index contributed by atoms with van der Waals surface area (Å²) >= 11 is 0. The average Bonchev–Trinajstić information content (AvgIpc) is 2.49. The van der Waals surface area contributed by atoms with E-state index in [4.69, 9.17) is 5.73 Å². The van der Waals surface area contributed by atoms with Crippen LogP contribution in [0.15, 0.2) is 0 Å². The minimum Gasteiger partial charge on any atom is -0.320 e. The Bertz CT molecular complexity index is 207. The van der Waals surface area contributed by atoms with E-state index in [2.05, 4.69) is 17.4 Å². The second kappa shape index (κ2) is 4.72. The molecule has 1 heterocycles. The SMILES string of the molecule is CN1CCC(C(N)C(=O)NN(C)C)C1. The zero-order chi connectivity index (χ0) is 10.7. The van der Waals surface area contributed by atoms with Crippen LogP contribution in [-0.2, 0) is 4.79 Å². The fourth-order valence-electron chi connectivity index (χ4n) is 1.77. The summed E-state index contributed by atoms with van der Waals surface area (Å²) in [6.07, 6.45) is 1.01. The molecule has 5 heteroatoms. The number of nitrogens with two attached hydrogens (primary N) is 1. The predicted octanol–water partition coefficient (Wildman–Crippen LogP) is -1.14. The molecule has 1 amide bonds. The Morgan fingerprint density at radius 3 is 2.71 bits per heavy atom. The number of likely N-dealkylation sites (tertiary alicyclic amines) is 1. The normalized spacial score (nSPS) is 25.4. The predicted molar refractivity (Wildman–Crippen MR) is 55.4 cm³/mol. The van der Waals surface area contributed by atoms with Crippen molar-refractivity contribution in [3.63, 3.8) is 0 Å². The molecule has 2 atom stereocenters. The van der Waals surface area contributed by atoms with Crippen LogP contribution < -0.4 is 11.2 Å². The molecule has 1 fully saturated rings. The third-order valence-corrected chi connectivity index (χ3v) is 2.57. The fraction of sp³-hybridized carbons (Fsp3) is 0.889. The molecule has 0 spiro atoms. The summed E-state index contributed by atoms with van der Waals surface area (Å²) < 4.78 is 0.